The Morgan fingerprint density at radius 3 is 2.44 bits per heavy atom. The van der Waals surface area contributed by atoms with Crippen molar-refractivity contribution in [3.63, 3.8) is 0 Å². The molecule has 0 radical (unpaired) electrons. The van der Waals surface area contributed by atoms with Crippen molar-refractivity contribution in [3.8, 4) is 16.9 Å². The number of carbonyl (C=O) groups is 2. The number of ketones is 1. The summed E-state index contributed by atoms with van der Waals surface area (Å²) < 4.78 is 70.5. The number of aromatic nitrogens is 4. The molecule has 0 saturated carbocycles. The van der Waals surface area contributed by atoms with Crippen LogP contribution in [0.4, 0.5) is 22.0 Å². The number of Topliss-reactive ketones (excluding diaryl/α,β-unsaturated/α-hetero) is 1. The van der Waals surface area contributed by atoms with Crippen molar-refractivity contribution in [1.82, 2.24) is 24.5 Å². The summed E-state index contributed by atoms with van der Waals surface area (Å²) in [5.74, 6) is -5.67. The number of nitrogens with zero attached hydrogens (tertiary/aromatic N) is 5. The summed E-state index contributed by atoms with van der Waals surface area (Å²) in [6, 6.07) is 12.0. The average molecular weight is 572 g/mol. The van der Waals surface area contributed by atoms with Gasteiger partial charge in [0.05, 0.1) is 29.2 Å². The van der Waals surface area contributed by atoms with Crippen LogP contribution in [0.1, 0.15) is 29.2 Å². The van der Waals surface area contributed by atoms with Crippen molar-refractivity contribution in [2.75, 3.05) is 13.1 Å². The molecule has 4 aromatic rings. The standard InChI is InChI=1S/C29H26F5N5O2/c1-17-25(39(21-6-4-3-5-7-21)36-27(17)20-13-35-37(2)14-20)12-22(40)10-19-15-38(16-29(32,33)34)28(41)26(19)18-8-9-23(30)24(31)11-18/h3-9,11,13-14,19,26H,10,12,15-16H2,1-2H3/t19-,26+/m1/s1. The van der Waals surface area contributed by atoms with E-state index in [0.29, 0.717) is 22.0 Å². The molecule has 1 fully saturated rings. The Kier molecular flexibility index (Phi) is 7.50. The van der Waals surface area contributed by atoms with Gasteiger partial charge in [-0.1, -0.05) is 24.3 Å². The van der Waals surface area contributed by atoms with Crippen molar-refractivity contribution in [3.05, 3.63) is 89.4 Å². The van der Waals surface area contributed by atoms with Crippen LogP contribution in [0.3, 0.4) is 0 Å². The first-order chi connectivity index (χ1) is 19.4. The summed E-state index contributed by atoms with van der Waals surface area (Å²) in [5, 5.41) is 8.94. The molecule has 7 nitrogen and oxygen atoms in total. The first-order valence-corrected chi connectivity index (χ1v) is 12.9. The van der Waals surface area contributed by atoms with Crippen molar-refractivity contribution < 1.29 is 31.5 Å². The zero-order chi connectivity index (χ0) is 29.5. The number of benzene rings is 2. The zero-order valence-corrected chi connectivity index (χ0v) is 22.2. The number of likely N-dealkylation sites (tertiary alicyclic amines) is 1. The smallest absolute Gasteiger partial charge is 0.333 e. The Balaban J connectivity index is 1.46. The molecule has 0 spiro atoms. The van der Waals surface area contributed by atoms with Crippen LogP contribution >= 0.6 is 0 Å². The molecule has 0 bridgehead atoms. The molecule has 2 aromatic carbocycles. The molecule has 0 N–H and O–H groups in total. The van der Waals surface area contributed by atoms with E-state index in [1.54, 1.807) is 28.8 Å². The third-order valence-electron chi connectivity index (χ3n) is 7.25. The van der Waals surface area contributed by atoms with E-state index >= 15 is 0 Å². The first kappa shape index (κ1) is 28.2. The molecule has 214 valence electrons. The number of alkyl halides is 3. The molecule has 41 heavy (non-hydrogen) atoms. The normalized spacial score (nSPS) is 17.4. The maximum atomic E-state index is 14.0. The lowest BCUT2D eigenvalue weighted by molar-refractivity contribution is -0.157. The van der Waals surface area contributed by atoms with Gasteiger partial charge in [0.15, 0.2) is 11.6 Å². The molecule has 1 amide bonds. The Morgan fingerprint density at radius 1 is 1.07 bits per heavy atom. The Bertz CT molecular complexity index is 1590. The average Bonchev–Trinajstić information content (AvgIpc) is 3.56. The quantitative estimate of drug-likeness (QED) is 0.274. The second-order valence-electron chi connectivity index (χ2n) is 10.2. The Morgan fingerprint density at radius 2 is 1.80 bits per heavy atom. The highest BCUT2D eigenvalue weighted by atomic mass is 19.4. The topological polar surface area (TPSA) is 73.0 Å². The number of carbonyl (C=O) groups excluding carboxylic acids is 2. The molecular weight excluding hydrogens is 545 g/mol. The predicted octanol–water partition coefficient (Wildman–Crippen LogP) is 5.17. The van der Waals surface area contributed by atoms with Crippen molar-refractivity contribution >= 4 is 11.7 Å². The molecule has 0 unspecified atom stereocenters. The molecule has 1 aliphatic heterocycles. The number of halogens is 5. The van der Waals surface area contributed by atoms with E-state index in [1.165, 1.54) is 6.07 Å². The van der Waals surface area contributed by atoms with Crippen LogP contribution in [0.25, 0.3) is 16.9 Å². The van der Waals surface area contributed by atoms with E-state index < -0.39 is 42.1 Å². The number of aryl methyl sites for hydroxylation is 1. The van der Waals surface area contributed by atoms with Gasteiger partial charge in [0.25, 0.3) is 0 Å². The van der Waals surface area contributed by atoms with Crippen LogP contribution in [0.2, 0.25) is 0 Å². The SMILES string of the molecule is Cc1c(-c2cnn(C)c2)nn(-c2ccccc2)c1CC(=O)C[C@@H]1CN(CC(F)(F)F)C(=O)[C@H]1c1ccc(F)c(F)c1. The van der Waals surface area contributed by atoms with Gasteiger partial charge in [0, 0.05) is 38.2 Å². The lowest BCUT2D eigenvalue weighted by Crippen LogP contribution is -2.36. The molecule has 12 heteroatoms. The van der Waals surface area contributed by atoms with Crippen LogP contribution in [-0.4, -0.2) is 55.4 Å². The van der Waals surface area contributed by atoms with Gasteiger partial charge in [0.1, 0.15) is 12.3 Å². The van der Waals surface area contributed by atoms with Gasteiger partial charge >= 0.3 is 6.18 Å². The molecule has 0 aliphatic carbocycles. The van der Waals surface area contributed by atoms with Gasteiger partial charge in [-0.15, -0.1) is 0 Å². The predicted molar refractivity (Wildman–Crippen MR) is 139 cm³/mol. The molecule has 1 saturated heterocycles. The Hall–Kier alpha value is -4.35. The van der Waals surface area contributed by atoms with Crippen LogP contribution in [0.15, 0.2) is 60.9 Å². The molecule has 5 rings (SSSR count). The van der Waals surface area contributed by atoms with Gasteiger partial charge in [0.2, 0.25) is 5.91 Å². The largest absolute Gasteiger partial charge is 0.406 e. The second-order valence-corrected chi connectivity index (χ2v) is 10.2. The van der Waals surface area contributed by atoms with Gasteiger partial charge in [-0.2, -0.15) is 23.4 Å². The number of hydrogen-bond acceptors (Lipinski definition) is 4. The fourth-order valence-corrected chi connectivity index (χ4v) is 5.43. The van der Waals surface area contributed by atoms with E-state index in [-0.39, 0.29) is 30.7 Å². The maximum Gasteiger partial charge on any atom is 0.406 e. The van der Waals surface area contributed by atoms with Crippen LogP contribution < -0.4 is 0 Å². The molecular formula is C29H26F5N5O2. The summed E-state index contributed by atoms with van der Waals surface area (Å²) in [5.41, 5.74) is 3.42. The third-order valence-corrected chi connectivity index (χ3v) is 7.25. The molecule has 2 atom stereocenters. The summed E-state index contributed by atoms with van der Waals surface area (Å²) in [6.07, 6.45) is -1.56. The zero-order valence-electron chi connectivity index (χ0n) is 22.2. The van der Waals surface area contributed by atoms with Crippen molar-refractivity contribution in [1.29, 1.82) is 0 Å². The number of rotatable bonds is 8. The monoisotopic (exact) mass is 571 g/mol. The summed E-state index contributed by atoms with van der Waals surface area (Å²) in [4.78, 5) is 27.2. The summed E-state index contributed by atoms with van der Waals surface area (Å²) in [7, 11) is 1.77. The number of para-hydroxylation sites is 1. The lowest BCUT2D eigenvalue weighted by Gasteiger charge is -2.18. The summed E-state index contributed by atoms with van der Waals surface area (Å²) in [6.45, 7) is -0.0116. The van der Waals surface area contributed by atoms with Gasteiger partial charge in [-0.05, 0) is 48.2 Å². The van der Waals surface area contributed by atoms with E-state index in [9.17, 15) is 31.5 Å². The lowest BCUT2D eigenvalue weighted by atomic mass is 9.84. The molecule has 2 aromatic heterocycles. The second kappa shape index (κ2) is 10.9. The summed E-state index contributed by atoms with van der Waals surface area (Å²) >= 11 is 0. The highest BCUT2D eigenvalue weighted by Crippen LogP contribution is 2.38. The van der Waals surface area contributed by atoms with Crippen molar-refractivity contribution in [2.24, 2.45) is 13.0 Å². The maximum absolute atomic E-state index is 14.0. The number of amides is 1. The van der Waals surface area contributed by atoms with Gasteiger partial charge in [-0.3, -0.25) is 14.3 Å². The number of hydrogen-bond donors (Lipinski definition) is 0. The van der Waals surface area contributed by atoms with Gasteiger partial charge in [-0.25, -0.2) is 13.5 Å². The van der Waals surface area contributed by atoms with Crippen LogP contribution in [0, 0.1) is 24.5 Å². The van der Waals surface area contributed by atoms with Crippen molar-refractivity contribution in [2.45, 2.75) is 31.9 Å². The van der Waals surface area contributed by atoms with E-state index in [0.717, 1.165) is 23.3 Å². The first-order valence-electron chi connectivity index (χ1n) is 12.9. The third kappa shape index (κ3) is 5.91. The molecule has 1 aliphatic rings. The highest BCUT2D eigenvalue weighted by molar-refractivity contribution is 5.89. The van der Waals surface area contributed by atoms with E-state index in [2.05, 4.69) is 5.10 Å². The Labute approximate surface area is 232 Å². The van der Waals surface area contributed by atoms with E-state index in [1.807, 2.05) is 37.3 Å². The van der Waals surface area contributed by atoms with Gasteiger partial charge < -0.3 is 4.90 Å². The minimum atomic E-state index is -4.66. The minimum absolute atomic E-state index is 0.0285. The molecule has 3 heterocycles. The minimum Gasteiger partial charge on any atom is -0.333 e. The van der Waals surface area contributed by atoms with Crippen LogP contribution in [0.5, 0.6) is 0 Å². The van der Waals surface area contributed by atoms with Crippen LogP contribution in [-0.2, 0) is 23.1 Å². The fraction of sp³-hybridized carbons (Fsp3) is 0.310. The van der Waals surface area contributed by atoms with E-state index in [4.69, 9.17) is 5.10 Å². The fourth-order valence-electron chi connectivity index (χ4n) is 5.43. The highest BCUT2D eigenvalue weighted by Gasteiger charge is 2.46.